The Morgan fingerprint density at radius 1 is 1.55 bits per heavy atom. The minimum atomic E-state index is -3.18. The number of β-amino-alcohol motifs (C(OH)–C–C–N with tert-alkyl or cyclic N) is 1. The minimum absolute atomic E-state index is 0.143. The van der Waals surface area contributed by atoms with Gasteiger partial charge in [0.25, 0.3) is 0 Å². The molecule has 2 atom stereocenters. The zero-order valence-electron chi connectivity index (χ0n) is 11.1. The summed E-state index contributed by atoms with van der Waals surface area (Å²) in [5, 5.41) is 12.1. The Bertz CT molecular complexity index is 540. The third-order valence-corrected chi connectivity index (χ3v) is 5.95. The minimum Gasteiger partial charge on any atom is -0.382 e. The fourth-order valence-corrected chi connectivity index (χ4v) is 4.61. The number of carbonyl (C=O) groups is 1. The van der Waals surface area contributed by atoms with Gasteiger partial charge in [-0.1, -0.05) is 15.9 Å². The molecule has 6 nitrogen and oxygen atoms in total. The highest BCUT2D eigenvalue weighted by Gasteiger charge is 2.42. The molecule has 0 bridgehead atoms. The number of carbonyl (C=O) groups excluding carboxylic acids is 1. The first kappa shape index (κ1) is 15.7. The van der Waals surface area contributed by atoms with Crippen molar-refractivity contribution in [1.29, 1.82) is 0 Å². The molecule has 0 spiro atoms. The molecule has 0 saturated heterocycles. The monoisotopic (exact) mass is 364 g/mol. The van der Waals surface area contributed by atoms with Crippen LogP contribution in [0.25, 0.3) is 0 Å². The van der Waals surface area contributed by atoms with Gasteiger partial charge in [0, 0.05) is 11.5 Å². The molecule has 112 valence electrons. The molecule has 0 fully saturated rings. The van der Waals surface area contributed by atoms with E-state index in [1.54, 1.807) is 12.1 Å². The molecule has 4 N–H and O–H groups in total. The maximum Gasteiger partial charge on any atom is 0.249 e. The molecule has 1 aliphatic heterocycles. The number of rotatable bonds is 3. The normalized spacial score (nSPS) is 24.0. The van der Waals surface area contributed by atoms with Gasteiger partial charge in [0.05, 0.1) is 17.5 Å². The van der Waals surface area contributed by atoms with Crippen molar-refractivity contribution in [2.75, 3.05) is 13.6 Å². The van der Waals surface area contributed by atoms with E-state index in [9.17, 15) is 19.0 Å². The number of aliphatic hydroxyl groups is 1. The van der Waals surface area contributed by atoms with E-state index in [4.69, 9.17) is 0 Å². The summed E-state index contributed by atoms with van der Waals surface area (Å²) in [7, 11) is -1.76. The highest BCUT2D eigenvalue weighted by Crippen LogP contribution is 2.63. The van der Waals surface area contributed by atoms with Crippen LogP contribution in [-0.4, -0.2) is 44.1 Å². The number of amides is 1. The topological polar surface area (TPSA) is 93.0 Å². The van der Waals surface area contributed by atoms with Gasteiger partial charge in [0.1, 0.15) is 6.10 Å². The molecule has 1 amide bonds. The van der Waals surface area contributed by atoms with Gasteiger partial charge in [0.15, 0.2) is 0 Å². The van der Waals surface area contributed by atoms with E-state index >= 15 is 0 Å². The van der Waals surface area contributed by atoms with Crippen LogP contribution >= 0.6 is 26.7 Å². The molecule has 8 heteroatoms. The lowest BCUT2D eigenvalue weighted by atomic mass is 10.1. The predicted molar refractivity (Wildman–Crippen MR) is 80.5 cm³/mol. The zero-order valence-corrected chi connectivity index (χ0v) is 13.5. The number of nitrogens with zero attached hydrogens (tertiary/aromatic N) is 1. The largest absolute Gasteiger partial charge is 0.382 e. The number of hydrogen-bond donors (Lipinski definition) is 4. The van der Waals surface area contributed by atoms with E-state index in [0.29, 0.717) is 4.90 Å². The smallest absolute Gasteiger partial charge is 0.249 e. The van der Waals surface area contributed by atoms with Crippen LogP contribution in [0.1, 0.15) is 18.5 Å². The Kier molecular flexibility index (Phi) is 4.43. The number of hydrogen-bond acceptors (Lipinski definition) is 5. The summed E-state index contributed by atoms with van der Waals surface area (Å²) in [5.74, 6) is -0.551. The summed E-state index contributed by atoms with van der Waals surface area (Å²) in [6, 6.07) is 4.91. The second-order valence-electron chi connectivity index (χ2n) is 4.61. The maximum absolute atomic E-state index is 11.4. The van der Waals surface area contributed by atoms with E-state index in [-0.39, 0.29) is 12.6 Å². The van der Waals surface area contributed by atoms with E-state index in [1.165, 1.54) is 11.4 Å². The third-order valence-electron chi connectivity index (χ3n) is 3.38. The van der Waals surface area contributed by atoms with E-state index in [1.807, 2.05) is 13.0 Å². The number of likely N-dealkylation sites (N-methyl/N-ethyl adjacent to an activating group) is 1. The summed E-state index contributed by atoms with van der Waals surface area (Å²) in [4.78, 5) is 11.8. The quantitative estimate of drug-likeness (QED) is 0.657. The summed E-state index contributed by atoms with van der Waals surface area (Å²) in [6.07, 6.45) is -1.31. The van der Waals surface area contributed by atoms with Crippen LogP contribution in [0, 0.1) is 0 Å². The molecule has 1 heterocycles. The van der Waals surface area contributed by atoms with Gasteiger partial charge < -0.3 is 10.4 Å². The molecular weight excluding hydrogens is 348 g/mol. The molecule has 0 aliphatic carbocycles. The lowest BCUT2D eigenvalue weighted by molar-refractivity contribution is -0.129. The summed E-state index contributed by atoms with van der Waals surface area (Å²) >= 11 is 3.35. The highest BCUT2D eigenvalue weighted by molar-refractivity contribution is 9.10. The lowest BCUT2D eigenvalue weighted by Gasteiger charge is -2.39. The Hall–Kier alpha value is -0.640. The van der Waals surface area contributed by atoms with Crippen molar-refractivity contribution in [3.63, 3.8) is 0 Å². The molecule has 1 aromatic carbocycles. The fourth-order valence-electron chi connectivity index (χ4n) is 2.28. The van der Waals surface area contributed by atoms with Crippen molar-refractivity contribution in [3.8, 4) is 0 Å². The first-order chi connectivity index (χ1) is 9.28. The standard InChI is InChI=1S/C12H17BrN2O4S/c1-7-9-5-8(13)3-4-11(9)20(18,19)15(7)6-10(16)12(17)14-2/h3-5,7,10,16,18-19H,6H2,1-2H3,(H,14,17). The van der Waals surface area contributed by atoms with Crippen molar-refractivity contribution < 1.29 is 19.0 Å². The molecule has 2 rings (SSSR count). The Morgan fingerprint density at radius 3 is 2.80 bits per heavy atom. The molecular formula is C12H17BrN2O4S. The molecule has 20 heavy (non-hydrogen) atoms. The first-order valence-electron chi connectivity index (χ1n) is 6.03. The van der Waals surface area contributed by atoms with Crippen molar-refractivity contribution in [2.45, 2.75) is 24.0 Å². The predicted octanol–water partition coefficient (Wildman–Crippen LogP) is 1.96. The lowest BCUT2D eigenvalue weighted by Crippen LogP contribution is -2.41. The average Bonchev–Trinajstić information content (AvgIpc) is 2.58. The van der Waals surface area contributed by atoms with E-state index in [0.717, 1.165) is 10.0 Å². The van der Waals surface area contributed by atoms with E-state index < -0.39 is 22.8 Å². The van der Waals surface area contributed by atoms with Crippen molar-refractivity contribution in [2.24, 2.45) is 0 Å². The van der Waals surface area contributed by atoms with Crippen LogP contribution in [0.15, 0.2) is 27.6 Å². The highest BCUT2D eigenvalue weighted by atomic mass is 79.9. The van der Waals surface area contributed by atoms with Crippen molar-refractivity contribution in [1.82, 2.24) is 9.62 Å². The fraction of sp³-hybridized carbons (Fsp3) is 0.417. The second-order valence-corrected chi connectivity index (χ2v) is 7.47. The summed E-state index contributed by atoms with van der Waals surface area (Å²) < 4.78 is 23.0. The number of benzene rings is 1. The first-order valence-corrected chi connectivity index (χ1v) is 8.33. The Morgan fingerprint density at radius 2 is 2.20 bits per heavy atom. The zero-order chi connectivity index (χ0) is 15.1. The summed E-state index contributed by atoms with van der Waals surface area (Å²) in [5.41, 5.74) is 0.781. The van der Waals surface area contributed by atoms with Gasteiger partial charge >= 0.3 is 0 Å². The van der Waals surface area contributed by atoms with Crippen molar-refractivity contribution in [3.05, 3.63) is 28.2 Å². The number of fused-ring (bicyclic) bond motifs is 1. The molecule has 1 aliphatic rings. The molecule has 0 aromatic heterocycles. The molecule has 0 saturated carbocycles. The van der Waals surface area contributed by atoms with Crippen LogP contribution in [0.4, 0.5) is 0 Å². The SMILES string of the molecule is CNC(=O)C(O)CN1C(C)c2cc(Br)ccc2S1(O)O. The van der Waals surface area contributed by atoms with Gasteiger partial charge in [-0.3, -0.25) is 13.9 Å². The van der Waals surface area contributed by atoms with Crippen LogP contribution < -0.4 is 5.32 Å². The van der Waals surface area contributed by atoms with Gasteiger partial charge in [0.2, 0.25) is 5.91 Å². The van der Waals surface area contributed by atoms with Crippen LogP contribution in [0.2, 0.25) is 0 Å². The average molecular weight is 365 g/mol. The Balaban J connectivity index is 2.31. The van der Waals surface area contributed by atoms with Crippen LogP contribution in [0.5, 0.6) is 0 Å². The second kappa shape index (κ2) is 5.63. The van der Waals surface area contributed by atoms with Gasteiger partial charge in [-0.25, -0.2) is 0 Å². The molecule has 0 radical (unpaired) electrons. The van der Waals surface area contributed by atoms with E-state index in [2.05, 4.69) is 21.2 Å². The van der Waals surface area contributed by atoms with Gasteiger partial charge in [-0.2, -0.15) is 4.31 Å². The van der Waals surface area contributed by atoms with Crippen LogP contribution in [-0.2, 0) is 4.79 Å². The van der Waals surface area contributed by atoms with Crippen LogP contribution in [0.3, 0.4) is 0 Å². The van der Waals surface area contributed by atoms with Gasteiger partial charge in [-0.05, 0) is 30.7 Å². The number of halogens is 1. The van der Waals surface area contributed by atoms with Crippen molar-refractivity contribution >= 4 is 32.6 Å². The molecule has 2 unspecified atom stereocenters. The maximum atomic E-state index is 11.4. The number of aliphatic hydroxyl groups excluding tert-OH is 1. The third kappa shape index (κ3) is 2.59. The Labute approximate surface area is 127 Å². The molecule has 1 aromatic rings. The van der Waals surface area contributed by atoms with Gasteiger partial charge in [-0.15, -0.1) is 10.8 Å². The number of nitrogens with one attached hydrogen (secondary N) is 1. The summed E-state index contributed by atoms with van der Waals surface area (Å²) in [6.45, 7) is 1.67.